The summed E-state index contributed by atoms with van der Waals surface area (Å²) in [6, 6.07) is 7.09. The van der Waals surface area contributed by atoms with Crippen molar-refractivity contribution < 1.29 is 19.4 Å². The lowest BCUT2D eigenvalue weighted by molar-refractivity contribution is -0.138. The molecule has 0 atom stereocenters. The van der Waals surface area contributed by atoms with Crippen LogP contribution < -0.4 is 5.32 Å². The van der Waals surface area contributed by atoms with Gasteiger partial charge in [-0.3, -0.25) is 9.59 Å². The van der Waals surface area contributed by atoms with E-state index in [0.717, 1.165) is 5.56 Å². The van der Waals surface area contributed by atoms with Crippen molar-refractivity contribution in [3.8, 4) is 0 Å². The van der Waals surface area contributed by atoms with Crippen molar-refractivity contribution in [3.63, 3.8) is 0 Å². The van der Waals surface area contributed by atoms with Crippen LogP contribution in [0.3, 0.4) is 0 Å². The maximum Gasteiger partial charge on any atom is 0.305 e. The van der Waals surface area contributed by atoms with E-state index in [0.29, 0.717) is 12.2 Å². The Morgan fingerprint density at radius 3 is 2.53 bits per heavy atom. The van der Waals surface area contributed by atoms with Crippen LogP contribution in [0.5, 0.6) is 0 Å². The molecule has 1 rings (SSSR count). The van der Waals surface area contributed by atoms with Gasteiger partial charge in [0.25, 0.3) is 5.91 Å². The average Bonchev–Trinajstić information content (AvgIpc) is 2.27. The summed E-state index contributed by atoms with van der Waals surface area (Å²) >= 11 is 0. The van der Waals surface area contributed by atoms with Crippen LogP contribution in [0, 0.1) is 0 Å². The molecule has 1 aromatic rings. The van der Waals surface area contributed by atoms with Crippen molar-refractivity contribution in [2.75, 3.05) is 7.11 Å². The first-order valence-electron chi connectivity index (χ1n) is 5.97. The highest BCUT2D eigenvalue weighted by Gasteiger charge is 2.25. The first-order valence-corrected chi connectivity index (χ1v) is 5.97. The third kappa shape index (κ3) is 4.71. The fourth-order valence-corrected chi connectivity index (χ4v) is 1.82. The minimum atomic E-state index is -0.949. The Morgan fingerprint density at radius 2 is 1.95 bits per heavy atom. The Balaban J connectivity index is 2.86. The maximum atomic E-state index is 12.2. The van der Waals surface area contributed by atoms with Gasteiger partial charge in [0.15, 0.2) is 0 Å². The molecule has 0 aromatic heterocycles. The molecule has 0 aliphatic carbocycles. The van der Waals surface area contributed by atoms with Gasteiger partial charge in [-0.05, 0) is 25.5 Å². The smallest absolute Gasteiger partial charge is 0.305 e. The molecule has 1 aromatic carbocycles. The lowest BCUT2D eigenvalue weighted by Gasteiger charge is -2.24. The van der Waals surface area contributed by atoms with Gasteiger partial charge in [-0.1, -0.05) is 18.2 Å². The van der Waals surface area contributed by atoms with Crippen molar-refractivity contribution in [3.05, 3.63) is 35.4 Å². The van der Waals surface area contributed by atoms with E-state index < -0.39 is 11.5 Å². The SMILES string of the molecule is COCc1ccccc1C(=O)NC(C)(C)CC(=O)O. The van der Waals surface area contributed by atoms with Crippen LogP contribution >= 0.6 is 0 Å². The number of aliphatic carboxylic acids is 1. The fourth-order valence-electron chi connectivity index (χ4n) is 1.82. The summed E-state index contributed by atoms with van der Waals surface area (Å²) in [5.74, 6) is -1.24. The van der Waals surface area contributed by atoms with Crippen LogP contribution in [-0.4, -0.2) is 29.6 Å². The molecule has 5 heteroatoms. The van der Waals surface area contributed by atoms with Gasteiger partial charge < -0.3 is 15.2 Å². The fraction of sp³-hybridized carbons (Fsp3) is 0.429. The monoisotopic (exact) mass is 265 g/mol. The zero-order valence-electron chi connectivity index (χ0n) is 11.4. The number of hydrogen-bond acceptors (Lipinski definition) is 3. The molecule has 1 amide bonds. The van der Waals surface area contributed by atoms with Crippen molar-refractivity contribution in [2.45, 2.75) is 32.4 Å². The number of carbonyl (C=O) groups is 2. The lowest BCUT2D eigenvalue weighted by Crippen LogP contribution is -2.45. The second-order valence-electron chi connectivity index (χ2n) is 5.00. The van der Waals surface area contributed by atoms with Gasteiger partial charge >= 0.3 is 5.97 Å². The molecule has 5 nitrogen and oxygen atoms in total. The van der Waals surface area contributed by atoms with Crippen LogP contribution in [0.1, 0.15) is 36.2 Å². The molecule has 0 radical (unpaired) electrons. The number of nitrogens with one attached hydrogen (secondary N) is 1. The molecule has 0 heterocycles. The Morgan fingerprint density at radius 1 is 1.32 bits per heavy atom. The standard InChI is InChI=1S/C14H19NO4/c1-14(2,8-12(16)17)15-13(18)11-7-5-4-6-10(11)9-19-3/h4-7H,8-9H2,1-3H3,(H,15,18)(H,16,17). The number of carboxylic acids is 1. The number of hydrogen-bond donors (Lipinski definition) is 2. The average molecular weight is 265 g/mol. The predicted octanol–water partition coefficient (Wildman–Crippen LogP) is 1.82. The second-order valence-corrected chi connectivity index (χ2v) is 5.00. The molecule has 0 spiro atoms. The first-order chi connectivity index (χ1) is 8.85. The van der Waals surface area contributed by atoms with E-state index in [-0.39, 0.29) is 12.3 Å². The van der Waals surface area contributed by atoms with E-state index in [9.17, 15) is 9.59 Å². The van der Waals surface area contributed by atoms with Crippen molar-refractivity contribution in [1.29, 1.82) is 0 Å². The highest BCUT2D eigenvalue weighted by Crippen LogP contribution is 2.14. The molecule has 0 saturated heterocycles. The van der Waals surface area contributed by atoms with Gasteiger partial charge in [0, 0.05) is 18.2 Å². The van der Waals surface area contributed by atoms with Gasteiger partial charge in [0.05, 0.1) is 13.0 Å². The summed E-state index contributed by atoms with van der Waals surface area (Å²) in [6.07, 6.45) is -0.134. The zero-order chi connectivity index (χ0) is 14.5. The molecule has 0 aliphatic rings. The van der Waals surface area contributed by atoms with Gasteiger partial charge in [0.1, 0.15) is 0 Å². The van der Waals surface area contributed by atoms with E-state index >= 15 is 0 Å². The van der Waals surface area contributed by atoms with E-state index in [1.807, 2.05) is 12.1 Å². The summed E-state index contributed by atoms with van der Waals surface area (Å²) in [5, 5.41) is 11.5. The van der Waals surface area contributed by atoms with Gasteiger partial charge in [-0.25, -0.2) is 0 Å². The summed E-state index contributed by atoms with van der Waals surface area (Å²) < 4.78 is 5.04. The topological polar surface area (TPSA) is 75.6 Å². The minimum Gasteiger partial charge on any atom is -0.481 e. The quantitative estimate of drug-likeness (QED) is 0.822. The van der Waals surface area contributed by atoms with E-state index in [1.165, 1.54) is 0 Å². The maximum absolute atomic E-state index is 12.2. The van der Waals surface area contributed by atoms with E-state index in [2.05, 4.69) is 5.32 Å². The van der Waals surface area contributed by atoms with Crippen LogP contribution in [0.2, 0.25) is 0 Å². The van der Waals surface area contributed by atoms with Crippen LogP contribution in [0.25, 0.3) is 0 Å². The van der Waals surface area contributed by atoms with Gasteiger partial charge in [-0.15, -0.1) is 0 Å². The molecule has 19 heavy (non-hydrogen) atoms. The van der Waals surface area contributed by atoms with Gasteiger partial charge in [-0.2, -0.15) is 0 Å². The number of amides is 1. The summed E-state index contributed by atoms with van der Waals surface area (Å²) in [7, 11) is 1.56. The Bertz CT molecular complexity index is 468. The van der Waals surface area contributed by atoms with Crippen molar-refractivity contribution in [2.24, 2.45) is 0 Å². The summed E-state index contributed by atoms with van der Waals surface area (Å²) in [4.78, 5) is 22.9. The van der Waals surface area contributed by atoms with Crippen molar-refractivity contribution >= 4 is 11.9 Å². The molecular formula is C14H19NO4. The summed E-state index contributed by atoms with van der Waals surface area (Å²) in [5.41, 5.74) is 0.472. The number of benzene rings is 1. The molecule has 2 N–H and O–H groups in total. The molecule has 0 bridgehead atoms. The third-order valence-corrected chi connectivity index (χ3v) is 2.61. The van der Waals surface area contributed by atoms with Crippen LogP contribution in [-0.2, 0) is 16.1 Å². The molecule has 0 saturated carbocycles. The molecule has 104 valence electrons. The van der Waals surface area contributed by atoms with Gasteiger partial charge in [0.2, 0.25) is 0 Å². The number of rotatable bonds is 6. The zero-order valence-corrected chi connectivity index (χ0v) is 11.4. The van der Waals surface area contributed by atoms with E-state index in [4.69, 9.17) is 9.84 Å². The largest absolute Gasteiger partial charge is 0.481 e. The second kappa shape index (κ2) is 6.33. The Labute approximate surface area is 112 Å². The highest BCUT2D eigenvalue weighted by molar-refractivity contribution is 5.96. The first kappa shape index (κ1) is 15.2. The highest BCUT2D eigenvalue weighted by atomic mass is 16.5. The molecule has 0 fully saturated rings. The molecule has 0 aliphatic heterocycles. The lowest BCUT2D eigenvalue weighted by atomic mass is 9.99. The Hall–Kier alpha value is -1.88. The number of carbonyl (C=O) groups excluding carboxylic acids is 1. The number of ether oxygens (including phenoxy) is 1. The summed E-state index contributed by atoms with van der Waals surface area (Å²) in [6.45, 7) is 3.69. The van der Waals surface area contributed by atoms with E-state index in [1.54, 1.807) is 33.1 Å². The van der Waals surface area contributed by atoms with Crippen LogP contribution in [0.15, 0.2) is 24.3 Å². The minimum absolute atomic E-state index is 0.134. The normalized spacial score (nSPS) is 11.1. The third-order valence-electron chi connectivity index (χ3n) is 2.61. The molecular weight excluding hydrogens is 246 g/mol. The number of methoxy groups -OCH3 is 1. The Kier molecular flexibility index (Phi) is 5.06. The van der Waals surface area contributed by atoms with Crippen molar-refractivity contribution in [1.82, 2.24) is 5.32 Å². The predicted molar refractivity (Wildman–Crippen MR) is 71.0 cm³/mol. The molecule has 0 unspecified atom stereocenters. The number of carboxylic acid groups (broad SMARTS) is 1. The van der Waals surface area contributed by atoms with Crippen LogP contribution in [0.4, 0.5) is 0 Å².